The molecule has 0 aliphatic heterocycles. The number of benzene rings is 1. The fraction of sp³-hybridized carbons (Fsp3) is 0.571. The highest BCUT2D eigenvalue weighted by molar-refractivity contribution is 7.90. The highest BCUT2D eigenvalue weighted by Gasteiger charge is 2.16. The average molecular weight is 322 g/mol. The molecule has 0 radical (unpaired) electrons. The molecule has 0 fully saturated rings. The van der Waals surface area contributed by atoms with Crippen LogP contribution >= 0.6 is 11.6 Å². The van der Waals surface area contributed by atoms with E-state index in [1.54, 1.807) is 6.07 Å². The minimum Gasteiger partial charge on any atom is -0.310 e. The van der Waals surface area contributed by atoms with Gasteiger partial charge in [0.25, 0.3) is 0 Å². The van der Waals surface area contributed by atoms with Gasteiger partial charge in [0.1, 0.15) is 15.7 Å². The molecule has 114 valence electrons. The van der Waals surface area contributed by atoms with Crippen LogP contribution in [0.3, 0.4) is 0 Å². The van der Waals surface area contributed by atoms with Crippen LogP contribution in [0, 0.1) is 5.82 Å². The lowest BCUT2D eigenvalue weighted by molar-refractivity contribution is 0.469. The monoisotopic (exact) mass is 321 g/mol. The molecule has 1 aromatic carbocycles. The molecule has 1 aromatic rings. The van der Waals surface area contributed by atoms with Crippen molar-refractivity contribution >= 4 is 21.4 Å². The number of hydrogen-bond donors (Lipinski definition) is 1. The molecule has 20 heavy (non-hydrogen) atoms. The second-order valence-electron chi connectivity index (χ2n) is 4.94. The fourth-order valence-corrected chi connectivity index (χ4v) is 2.89. The summed E-state index contributed by atoms with van der Waals surface area (Å²) < 4.78 is 36.2. The molecule has 1 N–H and O–H groups in total. The van der Waals surface area contributed by atoms with E-state index in [1.165, 1.54) is 18.4 Å². The van der Waals surface area contributed by atoms with Gasteiger partial charge in [-0.1, -0.05) is 18.5 Å². The van der Waals surface area contributed by atoms with E-state index < -0.39 is 9.84 Å². The first-order chi connectivity index (χ1) is 9.33. The number of hydrogen-bond acceptors (Lipinski definition) is 3. The molecule has 0 spiro atoms. The van der Waals surface area contributed by atoms with E-state index in [9.17, 15) is 12.8 Å². The van der Waals surface area contributed by atoms with Gasteiger partial charge in [0.2, 0.25) is 0 Å². The molecule has 0 heterocycles. The van der Waals surface area contributed by atoms with Gasteiger partial charge in [0.05, 0.1) is 0 Å². The summed E-state index contributed by atoms with van der Waals surface area (Å²) in [6.07, 6.45) is 3.18. The van der Waals surface area contributed by atoms with Crippen molar-refractivity contribution in [1.29, 1.82) is 0 Å². The van der Waals surface area contributed by atoms with E-state index in [2.05, 4.69) is 5.32 Å². The Morgan fingerprint density at radius 1 is 1.40 bits per heavy atom. The summed E-state index contributed by atoms with van der Waals surface area (Å²) in [6, 6.07) is 4.24. The van der Waals surface area contributed by atoms with E-state index in [4.69, 9.17) is 11.6 Å². The molecule has 6 heteroatoms. The highest BCUT2D eigenvalue weighted by Crippen LogP contribution is 2.25. The van der Waals surface area contributed by atoms with Crippen LogP contribution in [0.5, 0.6) is 0 Å². The lowest BCUT2D eigenvalue weighted by Gasteiger charge is -2.19. The molecule has 0 bridgehead atoms. The van der Waals surface area contributed by atoms with Crippen LogP contribution < -0.4 is 5.32 Å². The molecule has 0 saturated heterocycles. The van der Waals surface area contributed by atoms with Crippen molar-refractivity contribution in [3.63, 3.8) is 0 Å². The van der Waals surface area contributed by atoms with Crippen LogP contribution in [0.4, 0.5) is 4.39 Å². The first kappa shape index (κ1) is 17.4. The van der Waals surface area contributed by atoms with Crippen molar-refractivity contribution < 1.29 is 12.8 Å². The molecule has 1 rings (SSSR count). The summed E-state index contributed by atoms with van der Waals surface area (Å²) in [5.74, 6) is -0.207. The van der Waals surface area contributed by atoms with Crippen LogP contribution in [0.1, 0.15) is 37.8 Å². The number of sulfone groups is 1. The maximum absolute atomic E-state index is 13.9. The third-order valence-corrected chi connectivity index (χ3v) is 4.25. The van der Waals surface area contributed by atoms with Gasteiger partial charge < -0.3 is 5.32 Å². The standard InChI is InChI=1S/C14H21ClFNO2S/c1-3-8-17-14(5-4-9-20(2,18)19)12-10-11(15)6-7-13(12)16/h6-7,10,14,17H,3-5,8-9H2,1-2H3. The first-order valence-corrected chi connectivity index (χ1v) is 9.13. The molecule has 1 unspecified atom stereocenters. The Bertz CT molecular complexity index is 534. The summed E-state index contributed by atoms with van der Waals surface area (Å²) in [5.41, 5.74) is 0.499. The van der Waals surface area contributed by atoms with Crippen LogP contribution in [-0.4, -0.2) is 27.0 Å². The van der Waals surface area contributed by atoms with E-state index >= 15 is 0 Å². The lowest BCUT2D eigenvalue weighted by Crippen LogP contribution is -2.23. The van der Waals surface area contributed by atoms with E-state index in [0.29, 0.717) is 23.4 Å². The largest absolute Gasteiger partial charge is 0.310 e. The second kappa shape index (κ2) is 7.96. The summed E-state index contributed by atoms with van der Waals surface area (Å²) in [7, 11) is -2.99. The average Bonchev–Trinajstić information content (AvgIpc) is 2.35. The Labute approximate surface area is 125 Å². The normalized spacial score (nSPS) is 13.4. The lowest BCUT2D eigenvalue weighted by atomic mass is 10.0. The molecule has 0 aliphatic rings. The Hall–Kier alpha value is -0.650. The van der Waals surface area contributed by atoms with Gasteiger partial charge in [-0.05, 0) is 44.0 Å². The van der Waals surface area contributed by atoms with Crippen LogP contribution in [0.15, 0.2) is 18.2 Å². The van der Waals surface area contributed by atoms with Gasteiger partial charge in [0, 0.05) is 28.6 Å². The Morgan fingerprint density at radius 3 is 2.70 bits per heavy atom. The van der Waals surface area contributed by atoms with Crippen LogP contribution in [0.2, 0.25) is 5.02 Å². The topological polar surface area (TPSA) is 46.2 Å². The minimum atomic E-state index is -2.99. The van der Waals surface area contributed by atoms with Crippen molar-refractivity contribution in [3.8, 4) is 0 Å². The maximum atomic E-state index is 13.9. The van der Waals surface area contributed by atoms with Crippen molar-refractivity contribution in [3.05, 3.63) is 34.6 Å². The smallest absolute Gasteiger partial charge is 0.147 e. The third kappa shape index (κ3) is 6.20. The maximum Gasteiger partial charge on any atom is 0.147 e. The zero-order chi connectivity index (χ0) is 15.2. The summed E-state index contributed by atoms with van der Waals surface area (Å²) in [5, 5.41) is 3.73. The van der Waals surface area contributed by atoms with Gasteiger partial charge >= 0.3 is 0 Å². The van der Waals surface area contributed by atoms with Gasteiger partial charge in [-0.15, -0.1) is 0 Å². The zero-order valence-electron chi connectivity index (χ0n) is 11.8. The fourth-order valence-electron chi connectivity index (χ4n) is 2.02. The Kier molecular flexibility index (Phi) is 6.92. The molecule has 0 saturated carbocycles. The molecule has 0 aromatic heterocycles. The number of halogens is 2. The second-order valence-corrected chi connectivity index (χ2v) is 7.64. The van der Waals surface area contributed by atoms with Gasteiger partial charge in [0.15, 0.2) is 0 Å². The summed E-state index contributed by atoms with van der Waals surface area (Å²) in [4.78, 5) is 0. The van der Waals surface area contributed by atoms with Crippen molar-refractivity contribution in [2.45, 2.75) is 32.2 Å². The van der Waals surface area contributed by atoms with Crippen LogP contribution in [0.25, 0.3) is 0 Å². The van der Waals surface area contributed by atoms with Crippen molar-refractivity contribution in [2.24, 2.45) is 0 Å². The molecule has 1 atom stereocenters. The van der Waals surface area contributed by atoms with Gasteiger partial charge in [-0.2, -0.15) is 0 Å². The number of nitrogens with one attached hydrogen (secondary N) is 1. The summed E-state index contributed by atoms with van der Waals surface area (Å²) in [6.45, 7) is 2.77. The zero-order valence-corrected chi connectivity index (χ0v) is 13.4. The predicted molar refractivity (Wildman–Crippen MR) is 81.4 cm³/mol. The van der Waals surface area contributed by atoms with Crippen molar-refractivity contribution in [2.75, 3.05) is 18.6 Å². The third-order valence-electron chi connectivity index (χ3n) is 2.98. The van der Waals surface area contributed by atoms with Gasteiger partial charge in [-0.3, -0.25) is 0 Å². The van der Waals surface area contributed by atoms with E-state index in [0.717, 1.165) is 13.0 Å². The number of rotatable bonds is 8. The predicted octanol–water partition coefficient (Wildman–Crippen LogP) is 3.34. The molecular weight excluding hydrogens is 301 g/mol. The first-order valence-electron chi connectivity index (χ1n) is 6.69. The molecule has 3 nitrogen and oxygen atoms in total. The quantitative estimate of drug-likeness (QED) is 0.798. The molecule has 0 aliphatic carbocycles. The Balaban J connectivity index is 2.80. The highest BCUT2D eigenvalue weighted by atomic mass is 35.5. The SMILES string of the molecule is CCCNC(CCCS(C)(=O)=O)c1cc(Cl)ccc1F. The molecular formula is C14H21ClFNO2S. The minimum absolute atomic E-state index is 0.111. The van der Waals surface area contributed by atoms with Crippen molar-refractivity contribution in [1.82, 2.24) is 5.32 Å². The van der Waals surface area contributed by atoms with E-state index in [-0.39, 0.29) is 17.6 Å². The Morgan fingerprint density at radius 2 is 2.10 bits per heavy atom. The molecule has 0 amide bonds. The van der Waals surface area contributed by atoms with Crippen LogP contribution in [-0.2, 0) is 9.84 Å². The van der Waals surface area contributed by atoms with E-state index in [1.807, 2.05) is 6.92 Å². The van der Waals surface area contributed by atoms with Gasteiger partial charge in [-0.25, -0.2) is 12.8 Å². The summed E-state index contributed by atoms with van der Waals surface area (Å²) >= 11 is 5.91.